The van der Waals surface area contributed by atoms with Crippen molar-refractivity contribution in [3.05, 3.63) is 69.7 Å². The quantitative estimate of drug-likeness (QED) is 0.645. The molecule has 26 heavy (non-hydrogen) atoms. The van der Waals surface area contributed by atoms with Crippen LogP contribution in [0, 0.1) is 0 Å². The number of amides is 1. The van der Waals surface area contributed by atoms with Gasteiger partial charge in [0.1, 0.15) is 12.6 Å². The average Bonchev–Trinajstić information content (AvgIpc) is 2.66. The van der Waals surface area contributed by atoms with E-state index in [1.165, 1.54) is 0 Å². The molecule has 0 spiro atoms. The van der Waals surface area contributed by atoms with Crippen molar-refractivity contribution in [3.8, 4) is 0 Å². The summed E-state index contributed by atoms with van der Waals surface area (Å²) < 4.78 is 5.35. The van der Waals surface area contributed by atoms with Crippen molar-refractivity contribution in [2.24, 2.45) is 0 Å². The Hall–Kier alpha value is -1.69. The third kappa shape index (κ3) is 6.24. The van der Waals surface area contributed by atoms with Crippen molar-refractivity contribution < 1.29 is 14.3 Å². The van der Waals surface area contributed by atoms with E-state index < -0.39 is 12.0 Å². The van der Waals surface area contributed by atoms with Crippen LogP contribution in [0.3, 0.4) is 0 Å². The topological polar surface area (TPSA) is 55.4 Å². The molecule has 0 bridgehead atoms. The Bertz CT molecular complexity index is 756. The molecule has 0 aliphatic heterocycles. The molecule has 1 unspecified atom stereocenters. The predicted octanol–water partition coefficient (Wildman–Crippen LogP) is 4.59. The molecular formula is C19H19Cl2NO3S. The molecule has 0 fully saturated rings. The second kappa shape index (κ2) is 10.5. The molecule has 0 saturated heterocycles. The number of hydrogen-bond donors (Lipinski definition) is 1. The summed E-state index contributed by atoms with van der Waals surface area (Å²) in [7, 11) is 0. The largest absolute Gasteiger partial charge is 0.459 e. The minimum atomic E-state index is -0.710. The van der Waals surface area contributed by atoms with Gasteiger partial charge in [-0.3, -0.25) is 4.79 Å². The summed E-state index contributed by atoms with van der Waals surface area (Å²) in [6.45, 7) is 0.0622. The average molecular weight is 412 g/mol. The SMILES string of the molecule is CSCCC(NC(=O)c1ccccc1)C(=O)OCc1ccc(Cl)c(Cl)c1. The fourth-order valence-corrected chi connectivity index (χ4v) is 2.99. The monoisotopic (exact) mass is 411 g/mol. The molecule has 0 saturated carbocycles. The minimum absolute atomic E-state index is 0.0622. The van der Waals surface area contributed by atoms with Crippen molar-refractivity contribution in [1.29, 1.82) is 0 Å². The van der Waals surface area contributed by atoms with E-state index >= 15 is 0 Å². The van der Waals surface area contributed by atoms with Gasteiger partial charge in [-0.2, -0.15) is 11.8 Å². The van der Waals surface area contributed by atoms with E-state index in [-0.39, 0.29) is 12.5 Å². The molecule has 2 aromatic rings. The number of ether oxygens (including phenoxy) is 1. The number of esters is 1. The second-order valence-corrected chi connectivity index (χ2v) is 7.33. The highest BCUT2D eigenvalue weighted by molar-refractivity contribution is 7.98. The van der Waals surface area contributed by atoms with Crippen LogP contribution in [0.1, 0.15) is 22.3 Å². The molecule has 0 aliphatic carbocycles. The first kappa shape index (κ1) is 20.6. The predicted molar refractivity (Wildman–Crippen MR) is 107 cm³/mol. The van der Waals surface area contributed by atoms with Crippen LogP contribution < -0.4 is 5.32 Å². The molecule has 4 nitrogen and oxygen atoms in total. The number of halogens is 2. The minimum Gasteiger partial charge on any atom is -0.459 e. The summed E-state index contributed by atoms with van der Waals surface area (Å²) in [5.41, 5.74) is 1.23. The smallest absolute Gasteiger partial charge is 0.329 e. The lowest BCUT2D eigenvalue weighted by atomic mass is 10.1. The number of carbonyl (C=O) groups is 2. The zero-order chi connectivity index (χ0) is 18.9. The van der Waals surface area contributed by atoms with Crippen molar-refractivity contribution in [1.82, 2.24) is 5.32 Å². The first-order valence-corrected chi connectivity index (χ1v) is 10.1. The lowest BCUT2D eigenvalue weighted by molar-refractivity contribution is -0.147. The highest BCUT2D eigenvalue weighted by Gasteiger charge is 2.22. The normalized spacial score (nSPS) is 11.7. The van der Waals surface area contributed by atoms with Gasteiger partial charge in [-0.25, -0.2) is 4.79 Å². The maximum absolute atomic E-state index is 12.4. The van der Waals surface area contributed by atoms with Crippen molar-refractivity contribution in [2.75, 3.05) is 12.0 Å². The highest BCUT2D eigenvalue weighted by Crippen LogP contribution is 2.23. The molecule has 1 atom stereocenters. The van der Waals surface area contributed by atoms with E-state index in [0.29, 0.717) is 22.0 Å². The van der Waals surface area contributed by atoms with E-state index in [1.807, 2.05) is 12.3 Å². The lowest BCUT2D eigenvalue weighted by Gasteiger charge is -2.17. The van der Waals surface area contributed by atoms with Gasteiger partial charge in [0.25, 0.3) is 5.91 Å². The van der Waals surface area contributed by atoms with E-state index in [2.05, 4.69) is 5.32 Å². The molecule has 1 N–H and O–H groups in total. The molecule has 0 aromatic heterocycles. The number of rotatable bonds is 8. The van der Waals surface area contributed by atoms with Crippen LogP contribution >= 0.6 is 35.0 Å². The number of benzene rings is 2. The summed E-state index contributed by atoms with van der Waals surface area (Å²) in [6, 6.07) is 13.1. The van der Waals surface area contributed by atoms with Crippen LogP contribution in [0.4, 0.5) is 0 Å². The van der Waals surface area contributed by atoms with Gasteiger partial charge in [-0.1, -0.05) is 47.5 Å². The first-order valence-electron chi connectivity index (χ1n) is 7.96. The molecule has 138 valence electrons. The van der Waals surface area contributed by atoms with Crippen LogP contribution in [0.2, 0.25) is 10.0 Å². The van der Waals surface area contributed by atoms with E-state index in [9.17, 15) is 9.59 Å². The van der Waals surface area contributed by atoms with Gasteiger partial charge in [0, 0.05) is 5.56 Å². The fraction of sp³-hybridized carbons (Fsp3) is 0.263. The lowest BCUT2D eigenvalue weighted by Crippen LogP contribution is -2.42. The Balaban J connectivity index is 1.99. The highest BCUT2D eigenvalue weighted by atomic mass is 35.5. The van der Waals surface area contributed by atoms with Gasteiger partial charge in [0.05, 0.1) is 10.0 Å². The number of thioether (sulfide) groups is 1. The number of hydrogen-bond acceptors (Lipinski definition) is 4. The van der Waals surface area contributed by atoms with Crippen LogP contribution in [-0.4, -0.2) is 29.9 Å². The van der Waals surface area contributed by atoms with Gasteiger partial charge in [-0.05, 0) is 48.3 Å². The van der Waals surface area contributed by atoms with Gasteiger partial charge >= 0.3 is 5.97 Å². The third-order valence-electron chi connectivity index (χ3n) is 3.60. The molecule has 2 rings (SSSR count). The molecule has 7 heteroatoms. The van der Waals surface area contributed by atoms with Gasteiger partial charge in [0.15, 0.2) is 0 Å². The third-order valence-corrected chi connectivity index (χ3v) is 4.98. The maximum atomic E-state index is 12.4. The summed E-state index contributed by atoms with van der Waals surface area (Å²) in [5, 5.41) is 3.59. The number of nitrogens with one attached hydrogen (secondary N) is 1. The Morgan fingerprint density at radius 2 is 1.85 bits per heavy atom. The van der Waals surface area contributed by atoms with E-state index in [0.717, 1.165) is 11.3 Å². The van der Waals surface area contributed by atoms with Gasteiger partial charge in [-0.15, -0.1) is 0 Å². The second-order valence-electron chi connectivity index (χ2n) is 5.53. The molecular weight excluding hydrogens is 393 g/mol. The Kier molecular flexibility index (Phi) is 8.29. The Morgan fingerprint density at radius 1 is 1.12 bits per heavy atom. The van der Waals surface area contributed by atoms with Gasteiger partial charge < -0.3 is 10.1 Å². The first-order chi connectivity index (χ1) is 12.5. The summed E-state index contributed by atoms with van der Waals surface area (Å²) in [6.07, 6.45) is 2.43. The zero-order valence-electron chi connectivity index (χ0n) is 14.2. The molecule has 0 aliphatic rings. The molecule has 0 heterocycles. The summed E-state index contributed by atoms with van der Waals surface area (Å²) >= 11 is 13.4. The standard InChI is InChI=1S/C19H19Cl2NO3S/c1-26-10-9-17(22-18(23)14-5-3-2-4-6-14)19(24)25-12-13-7-8-15(20)16(21)11-13/h2-8,11,17H,9-10,12H2,1H3,(H,22,23). The molecule has 0 radical (unpaired) electrons. The van der Waals surface area contributed by atoms with E-state index in [1.54, 1.807) is 54.2 Å². The van der Waals surface area contributed by atoms with Crippen molar-refractivity contribution in [3.63, 3.8) is 0 Å². The van der Waals surface area contributed by atoms with Gasteiger partial charge in [0.2, 0.25) is 0 Å². The molecule has 2 aromatic carbocycles. The van der Waals surface area contributed by atoms with Crippen molar-refractivity contribution in [2.45, 2.75) is 19.1 Å². The molecule has 1 amide bonds. The Morgan fingerprint density at radius 3 is 2.50 bits per heavy atom. The summed E-state index contributed by atoms with van der Waals surface area (Å²) in [4.78, 5) is 24.8. The maximum Gasteiger partial charge on any atom is 0.329 e. The fourth-order valence-electron chi connectivity index (χ4n) is 2.20. The van der Waals surface area contributed by atoms with Crippen LogP contribution in [0.25, 0.3) is 0 Å². The zero-order valence-corrected chi connectivity index (χ0v) is 16.5. The van der Waals surface area contributed by atoms with Crippen LogP contribution in [0.5, 0.6) is 0 Å². The van der Waals surface area contributed by atoms with E-state index in [4.69, 9.17) is 27.9 Å². The Labute approximate surface area is 167 Å². The number of carbonyl (C=O) groups excluding carboxylic acids is 2. The van der Waals surface area contributed by atoms with Crippen molar-refractivity contribution >= 4 is 46.8 Å². The van der Waals surface area contributed by atoms with Crippen LogP contribution in [0.15, 0.2) is 48.5 Å². The summed E-state index contributed by atoms with van der Waals surface area (Å²) in [5.74, 6) is -0.0562. The van der Waals surface area contributed by atoms with Crippen LogP contribution in [-0.2, 0) is 16.1 Å².